The molecule has 1 fully saturated rings. The van der Waals surface area contributed by atoms with Crippen molar-refractivity contribution in [3.05, 3.63) is 24.8 Å². The largest absolute Gasteiger partial charge is 0.342 e. The molecular formula is C16H21NO. The Morgan fingerprint density at radius 3 is 2.94 bits per heavy atom. The molecule has 18 heavy (non-hydrogen) atoms. The molecule has 2 aliphatic rings. The summed E-state index contributed by atoms with van der Waals surface area (Å²) in [5.41, 5.74) is 0. The highest BCUT2D eigenvalue weighted by molar-refractivity contribution is 5.80. The Morgan fingerprint density at radius 2 is 2.28 bits per heavy atom. The van der Waals surface area contributed by atoms with Gasteiger partial charge >= 0.3 is 0 Å². The zero-order chi connectivity index (χ0) is 13.1. The van der Waals surface area contributed by atoms with Gasteiger partial charge in [0.25, 0.3) is 0 Å². The Labute approximate surface area is 110 Å². The van der Waals surface area contributed by atoms with Gasteiger partial charge in [0.2, 0.25) is 5.91 Å². The second kappa shape index (κ2) is 5.44. The minimum Gasteiger partial charge on any atom is -0.342 e. The molecule has 0 aromatic heterocycles. The van der Waals surface area contributed by atoms with Crippen molar-refractivity contribution in [2.45, 2.75) is 19.3 Å². The molecule has 0 saturated heterocycles. The zero-order valence-corrected chi connectivity index (χ0v) is 11.0. The first-order valence-electron chi connectivity index (χ1n) is 6.66. The maximum Gasteiger partial charge on any atom is 0.226 e. The van der Waals surface area contributed by atoms with E-state index < -0.39 is 0 Å². The molecule has 2 rings (SSSR count). The summed E-state index contributed by atoms with van der Waals surface area (Å²) < 4.78 is 0. The summed E-state index contributed by atoms with van der Waals surface area (Å²) >= 11 is 0. The average molecular weight is 243 g/mol. The maximum absolute atomic E-state index is 12.5. The van der Waals surface area contributed by atoms with Crippen LogP contribution in [0.5, 0.6) is 0 Å². The number of terminal acetylenes is 1. The SMILES string of the molecule is C#CCC[C@@H]1[C@H](C(=O)N(C)CC=C)[C@@H]2C=C[C@H]1C2. The van der Waals surface area contributed by atoms with Crippen LogP contribution in [-0.4, -0.2) is 24.4 Å². The van der Waals surface area contributed by atoms with Crippen LogP contribution in [0.15, 0.2) is 24.8 Å². The third kappa shape index (κ3) is 2.22. The molecule has 0 spiro atoms. The lowest BCUT2D eigenvalue weighted by Gasteiger charge is -2.30. The topological polar surface area (TPSA) is 20.3 Å². The minimum absolute atomic E-state index is 0.137. The monoisotopic (exact) mass is 243 g/mol. The normalized spacial score (nSPS) is 32.2. The second-order valence-corrected chi connectivity index (χ2v) is 5.39. The molecule has 4 atom stereocenters. The Hall–Kier alpha value is -1.49. The maximum atomic E-state index is 12.5. The molecule has 1 amide bonds. The lowest BCUT2D eigenvalue weighted by atomic mass is 9.79. The molecule has 0 unspecified atom stereocenters. The number of allylic oxidation sites excluding steroid dienone is 2. The molecule has 0 aromatic rings. The zero-order valence-electron chi connectivity index (χ0n) is 11.0. The van der Waals surface area contributed by atoms with Crippen LogP contribution in [0.3, 0.4) is 0 Å². The standard InChI is InChI=1S/C16H21NO/c1-4-6-7-14-12-8-9-13(11-12)15(14)16(18)17(3)10-5-2/h1,5,8-9,12-15H,2,6-7,10-11H2,3H3/t12-,13+,14-,15+/m0/s1. The van der Waals surface area contributed by atoms with Crippen molar-refractivity contribution in [3.8, 4) is 12.3 Å². The molecule has 0 aliphatic heterocycles. The van der Waals surface area contributed by atoms with E-state index in [4.69, 9.17) is 6.42 Å². The smallest absolute Gasteiger partial charge is 0.226 e. The van der Waals surface area contributed by atoms with Crippen LogP contribution >= 0.6 is 0 Å². The van der Waals surface area contributed by atoms with Gasteiger partial charge in [-0.2, -0.15) is 0 Å². The second-order valence-electron chi connectivity index (χ2n) is 5.39. The first-order valence-corrected chi connectivity index (χ1v) is 6.66. The van der Waals surface area contributed by atoms with Crippen molar-refractivity contribution in [2.75, 3.05) is 13.6 Å². The van der Waals surface area contributed by atoms with Gasteiger partial charge in [-0.15, -0.1) is 18.9 Å². The van der Waals surface area contributed by atoms with Crippen molar-refractivity contribution in [1.29, 1.82) is 0 Å². The molecule has 0 heterocycles. The van der Waals surface area contributed by atoms with Crippen molar-refractivity contribution in [2.24, 2.45) is 23.7 Å². The quantitative estimate of drug-likeness (QED) is 0.536. The predicted octanol–water partition coefficient (Wildman–Crippen LogP) is 2.48. The third-order valence-electron chi connectivity index (χ3n) is 4.31. The van der Waals surface area contributed by atoms with E-state index in [0.29, 0.717) is 24.3 Å². The van der Waals surface area contributed by atoms with Crippen LogP contribution in [0.4, 0.5) is 0 Å². The van der Waals surface area contributed by atoms with Crippen LogP contribution < -0.4 is 0 Å². The van der Waals surface area contributed by atoms with Gasteiger partial charge in [-0.3, -0.25) is 4.79 Å². The predicted molar refractivity (Wildman–Crippen MR) is 73.6 cm³/mol. The lowest BCUT2D eigenvalue weighted by molar-refractivity contribution is -0.136. The van der Waals surface area contributed by atoms with E-state index in [9.17, 15) is 4.79 Å². The van der Waals surface area contributed by atoms with Gasteiger partial charge in [-0.25, -0.2) is 0 Å². The van der Waals surface area contributed by atoms with Crippen molar-refractivity contribution in [3.63, 3.8) is 0 Å². The Morgan fingerprint density at radius 1 is 1.56 bits per heavy atom. The Bertz CT molecular complexity index is 404. The minimum atomic E-state index is 0.137. The Kier molecular flexibility index (Phi) is 3.91. The van der Waals surface area contributed by atoms with Crippen LogP contribution in [-0.2, 0) is 4.79 Å². The molecule has 0 N–H and O–H groups in total. The van der Waals surface area contributed by atoms with E-state index in [0.717, 1.165) is 19.3 Å². The molecule has 2 aliphatic carbocycles. The van der Waals surface area contributed by atoms with E-state index >= 15 is 0 Å². The summed E-state index contributed by atoms with van der Waals surface area (Å²) in [6.45, 7) is 4.32. The number of hydrogen-bond acceptors (Lipinski definition) is 1. The fourth-order valence-electron chi connectivity index (χ4n) is 3.47. The Balaban J connectivity index is 2.09. The van der Waals surface area contributed by atoms with E-state index in [1.54, 1.807) is 11.0 Å². The van der Waals surface area contributed by atoms with E-state index in [2.05, 4.69) is 24.7 Å². The molecule has 2 nitrogen and oxygen atoms in total. The van der Waals surface area contributed by atoms with E-state index in [-0.39, 0.29) is 11.8 Å². The number of amides is 1. The van der Waals surface area contributed by atoms with Gasteiger partial charge in [0.05, 0.1) is 0 Å². The summed E-state index contributed by atoms with van der Waals surface area (Å²) in [7, 11) is 1.86. The lowest BCUT2D eigenvalue weighted by Crippen LogP contribution is -2.38. The molecule has 2 bridgehead atoms. The first-order chi connectivity index (χ1) is 8.69. The summed E-state index contributed by atoms with van der Waals surface area (Å²) in [6.07, 6.45) is 14.5. The van der Waals surface area contributed by atoms with Gasteiger partial charge in [-0.05, 0) is 30.6 Å². The highest BCUT2D eigenvalue weighted by atomic mass is 16.2. The number of fused-ring (bicyclic) bond motifs is 2. The van der Waals surface area contributed by atoms with Crippen LogP contribution in [0.1, 0.15) is 19.3 Å². The van der Waals surface area contributed by atoms with Crippen LogP contribution in [0.25, 0.3) is 0 Å². The molecule has 1 saturated carbocycles. The highest BCUT2D eigenvalue weighted by Gasteiger charge is 2.48. The van der Waals surface area contributed by atoms with Gasteiger partial charge in [0, 0.05) is 25.9 Å². The fraction of sp³-hybridized carbons (Fsp3) is 0.562. The van der Waals surface area contributed by atoms with E-state index in [1.165, 1.54) is 0 Å². The summed E-state index contributed by atoms with van der Waals surface area (Å²) in [5.74, 6) is 4.53. The number of hydrogen-bond donors (Lipinski definition) is 0. The summed E-state index contributed by atoms with van der Waals surface area (Å²) in [6, 6.07) is 0. The molecular weight excluding hydrogens is 222 g/mol. The average Bonchev–Trinajstić information content (AvgIpc) is 2.95. The van der Waals surface area contributed by atoms with Gasteiger partial charge < -0.3 is 4.90 Å². The summed E-state index contributed by atoms with van der Waals surface area (Å²) in [4.78, 5) is 14.3. The molecule has 2 heteroatoms. The number of nitrogens with zero attached hydrogens (tertiary/aromatic N) is 1. The van der Waals surface area contributed by atoms with Crippen LogP contribution in [0.2, 0.25) is 0 Å². The first kappa shape index (κ1) is 13.0. The van der Waals surface area contributed by atoms with E-state index in [1.807, 2.05) is 7.05 Å². The number of carbonyl (C=O) groups is 1. The number of rotatable bonds is 5. The van der Waals surface area contributed by atoms with Gasteiger partial charge in [0.15, 0.2) is 0 Å². The van der Waals surface area contributed by atoms with Gasteiger partial charge in [-0.1, -0.05) is 18.2 Å². The third-order valence-corrected chi connectivity index (χ3v) is 4.31. The van der Waals surface area contributed by atoms with Gasteiger partial charge in [0.1, 0.15) is 0 Å². The number of likely N-dealkylation sites (N-methyl/N-ethyl adjacent to an activating group) is 1. The van der Waals surface area contributed by atoms with Crippen molar-refractivity contribution in [1.82, 2.24) is 4.90 Å². The van der Waals surface area contributed by atoms with Crippen molar-refractivity contribution < 1.29 is 4.79 Å². The molecule has 96 valence electrons. The highest BCUT2D eigenvalue weighted by Crippen LogP contribution is 2.50. The molecule has 0 radical (unpaired) electrons. The number of carbonyl (C=O) groups excluding carboxylic acids is 1. The molecule has 0 aromatic carbocycles. The van der Waals surface area contributed by atoms with Crippen LogP contribution in [0, 0.1) is 36.0 Å². The van der Waals surface area contributed by atoms with Crippen molar-refractivity contribution >= 4 is 5.91 Å². The summed E-state index contributed by atoms with van der Waals surface area (Å²) in [5, 5.41) is 0. The fourth-order valence-corrected chi connectivity index (χ4v) is 3.47.